The van der Waals surface area contributed by atoms with Crippen LogP contribution in [0.4, 0.5) is 0 Å². The highest BCUT2D eigenvalue weighted by atomic mass is 79.9. The summed E-state index contributed by atoms with van der Waals surface area (Å²) in [7, 11) is -2.27. The maximum Gasteiger partial charge on any atom is 0.244 e. The fraction of sp³-hybridized carbons (Fsp3) is 0.500. The number of aliphatic hydroxyl groups excluding tert-OH is 1. The molecule has 0 amide bonds. The van der Waals surface area contributed by atoms with E-state index in [1.165, 1.54) is 13.2 Å². The van der Waals surface area contributed by atoms with E-state index in [2.05, 4.69) is 20.7 Å². The molecule has 0 bridgehead atoms. The molecule has 0 atom stereocenters. The molecule has 0 aromatic heterocycles. The SMILES string of the molecule is COc1ccc(Br)cc1S(=O)(=O)NCC(C)(C)CO. The first-order chi connectivity index (χ1) is 8.72. The Kier molecular flexibility index (Phi) is 5.37. The minimum atomic E-state index is -3.68. The van der Waals surface area contributed by atoms with Crippen LogP contribution >= 0.6 is 15.9 Å². The van der Waals surface area contributed by atoms with Crippen LogP contribution in [0, 0.1) is 5.41 Å². The Hall–Kier alpha value is -0.630. The maximum atomic E-state index is 12.2. The second-order valence-corrected chi connectivity index (χ2v) is 7.59. The molecule has 5 nitrogen and oxygen atoms in total. The summed E-state index contributed by atoms with van der Waals surface area (Å²) in [4.78, 5) is 0.0677. The number of nitrogens with one attached hydrogen (secondary N) is 1. The van der Waals surface area contributed by atoms with E-state index in [1.54, 1.807) is 26.0 Å². The van der Waals surface area contributed by atoms with E-state index in [0.717, 1.165) is 0 Å². The third kappa shape index (κ3) is 4.45. The van der Waals surface area contributed by atoms with Crippen molar-refractivity contribution in [3.05, 3.63) is 22.7 Å². The fourth-order valence-corrected chi connectivity index (χ4v) is 3.23. The Morgan fingerprint density at radius 2 is 2.05 bits per heavy atom. The summed E-state index contributed by atoms with van der Waals surface area (Å²) in [6.45, 7) is 3.58. The lowest BCUT2D eigenvalue weighted by Crippen LogP contribution is -2.36. The number of rotatable bonds is 6. The highest BCUT2D eigenvalue weighted by molar-refractivity contribution is 9.10. The lowest BCUT2D eigenvalue weighted by Gasteiger charge is -2.22. The third-order valence-electron chi connectivity index (χ3n) is 2.58. The average molecular weight is 352 g/mol. The molecule has 1 aromatic carbocycles. The fourth-order valence-electron chi connectivity index (χ4n) is 1.28. The molecule has 1 aromatic rings. The number of benzene rings is 1. The largest absolute Gasteiger partial charge is 0.495 e. The molecule has 1 rings (SSSR count). The number of sulfonamides is 1. The molecule has 7 heteroatoms. The van der Waals surface area contributed by atoms with Crippen LogP contribution in [0.1, 0.15) is 13.8 Å². The topological polar surface area (TPSA) is 75.6 Å². The van der Waals surface area contributed by atoms with E-state index in [-0.39, 0.29) is 23.8 Å². The Morgan fingerprint density at radius 1 is 1.42 bits per heavy atom. The number of halogens is 1. The molecule has 0 aliphatic heterocycles. The van der Waals surface area contributed by atoms with Crippen molar-refractivity contribution < 1.29 is 18.3 Å². The van der Waals surface area contributed by atoms with Crippen molar-refractivity contribution >= 4 is 26.0 Å². The Balaban J connectivity index is 3.04. The molecular formula is C12H18BrNO4S. The molecular weight excluding hydrogens is 334 g/mol. The van der Waals surface area contributed by atoms with Crippen molar-refractivity contribution in [1.29, 1.82) is 0 Å². The first-order valence-electron chi connectivity index (χ1n) is 5.66. The molecule has 0 saturated carbocycles. The quantitative estimate of drug-likeness (QED) is 0.818. The van der Waals surface area contributed by atoms with Crippen LogP contribution in [0.2, 0.25) is 0 Å². The summed E-state index contributed by atoms with van der Waals surface area (Å²) in [6, 6.07) is 4.76. The van der Waals surface area contributed by atoms with Crippen LogP contribution in [0.25, 0.3) is 0 Å². The van der Waals surface area contributed by atoms with Gasteiger partial charge in [0.2, 0.25) is 10.0 Å². The van der Waals surface area contributed by atoms with Crippen molar-refractivity contribution in [2.24, 2.45) is 5.41 Å². The summed E-state index contributed by atoms with van der Waals surface area (Å²) in [5, 5.41) is 9.14. The van der Waals surface area contributed by atoms with Crippen LogP contribution in [0.3, 0.4) is 0 Å². The highest BCUT2D eigenvalue weighted by Gasteiger charge is 2.24. The van der Waals surface area contributed by atoms with E-state index < -0.39 is 15.4 Å². The van der Waals surface area contributed by atoms with Gasteiger partial charge in [-0.1, -0.05) is 29.8 Å². The number of aliphatic hydroxyl groups is 1. The van der Waals surface area contributed by atoms with Crippen LogP contribution in [-0.2, 0) is 10.0 Å². The first kappa shape index (κ1) is 16.4. The molecule has 0 fully saturated rings. The van der Waals surface area contributed by atoms with Gasteiger partial charge in [-0.25, -0.2) is 13.1 Å². The Labute approximate surface area is 122 Å². The van der Waals surface area contributed by atoms with Gasteiger partial charge >= 0.3 is 0 Å². The van der Waals surface area contributed by atoms with Gasteiger partial charge in [0.25, 0.3) is 0 Å². The molecule has 0 unspecified atom stereocenters. The second kappa shape index (κ2) is 6.21. The van der Waals surface area contributed by atoms with E-state index in [9.17, 15) is 8.42 Å². The highest BCUT2D eigenvalue weighted by Crippen LogP contribution is 2.27. The number of hydrogen-bond acceptors (Lipinski definition) is 4. The number of ether oxygens (including phenoxy) is 1. The zero-order valence-electron chi connectivity index (χ0n) is 11.1. The third-order valence-corrected chi connectivity index (χ3v) is 4.50. The standard InChI is InChI=1S/C12H18BrNO4S/c1-12(2,8-15)7-14-19(16,17)11-6-9(13)4-5-10(11)18-3/h4-6,14-15H,7-8H2,1-3H3. The second-order valence-electron chi connectivity index (χ2n) is 4.94. The minimum Gasteiger partial charge on any atom is -0.495 e. The van der Waals surface area contributed by atoms with E-state index in [0.29, 0.717) is 4.47 Å². The summed E-state index contributed by atoms with van der Waals surface area (Å²) >= 11 is 3.23. The zero-order chi connectivity index (χ0) is 14.7. The molecule has 0 spiro atoms. The van der Waals surface area contributed by atoms with Crippen molar-refractivity contribution in [1.82, 2.24) is 4.72 Å². The summed E-state index contributed by atoms with van der Waals surface area (Å²) in [5.74, 6) is 0.275. The Morgan fingerprint density at radius 3 is 2.58 bits per heavy atom. The minimum absolute atomic E-state index is 0.0677. The van der Waals surface area contributed by atoms with Gasteiger partial charge in [0.15, 0.2) is 0 Å². The summed E-state index contributed by atoms with van der Waals surface area (Å²) in [5.41, 5.74) is -0.522. The monoisotopic (exact) mass is 351 g/mol. The van der Waals surface area contributed by atoms with Gasteiger partial charge in [0.1, 0.15) is 10.6 Å². The summed E-state index contributed by atoms with van der Waals surface area (Å²) < 4.78 is 32.6. The van der Waals surface area contributed by atoms with Crippen molar-refractivity contribution in [3.8, 4) is 5.75 Å². The molecule has 0 aliphatic rings. The van der Waals surface area contributed by atoms with E-state index in [1.807, 2.05) is 0 Å². The van der Waals surface area contributed by atoms with Gasteiger partial charge in [-0.15, -0.1) is 0 Å². The van der Waals surface area contributed by atoms with E-state index in [4.69, 9.17) is 9.84 Å². The predicted molar refractivity (Wildman–Crippen MR) is 76.7 cm³/mol. The molecule has 19 heavy (non-hydrogen) atoms. The van der Waals surface area contributed by atoms with Gasteiger partial charge in [0, 0.05) is 23.0 Å². The van der Waals surface area contributed by atoms with Crippen LogP contribution < -0.4 is 9.46 Å². The molecule has 0 radical (unpaired) electrons. The van der Waals surface area contributed by atoms with Crippen molar-refractivity contribution in [2.45, 2.75) is 18.7 Å². The molecule has 0 heterocycles. The van der Waals surface area contributed by atoms with Gasteiger partial charge in [-0.3, -0.25) is 0 Å². The molecule has 0 aliphatic carbocycles. The lowest BCUT2D eigenvalue weighted by molar-refractivity contribution is 0.163. The smallest absolute Gasteiger partial charge is 0.244 e. The number of hydrogen-bond donors (Lipinski definition) is 2. The van der Waals surface area contributed by atoms with Gasteiger partial charge in [0.05, 0.1) is 7.11 Å². The van der Waals surface area contributed by atoms with Crippen molar-refractivity contribution in [3.63, 3.8) is 0 Å². The van der Waals surface area contributed by atoms with Gasteiger partial charge in [-0.2, -0.15) is 0 Å². The van der Waals surface area contributed by atoms with Crippen LogP contribution in [0.15, 0.2) is 27.6 Å². The van der Waals surface area contributed by atoms with Crippen LogP contribution in [0.5, 0.6) is 5.75 Å². The van der Waals surface area contributed by atoms with Crippen molar-refractivity contribution in [2.75, 3.05) is 20.3 Å². The maximum absolute atomic E-state index is 12.2. The van der Waals surface area contributed by atoms with Gasteiger partial charge < -0.3 is 9.84 Å². The normalized spacial score (nSPS) is 12.5. The lowest BCUT2D eigenvalue weighted by atomic mass is 9.96. The average Bonchev–Trinajstić information content (AvgIpc) is 2.37. The predicted octanol–water partition coefficient (Wildman–Crippen LogP) is 1.75. The molecule has 0 saturated heterocycles. The zero-order valence-corrected chi connectivity index (χ0v) is 13.5. The number of methoxy groups -OCH3 is 1. The first-order valence-corrected chi connectivity index (χ1v) is 7.93. The molecule has 108 valence electrons. The van der Waals surface area contributed by atoms with Gasteiger partial charge in [-0.05, 0) is 18.2 Å². The van der Waals surface area contributed by atoms with E-state index >= 15 is 0 Å². The Bertz CT molecular complexity index is 543. The van der Waals surface area contributed by atoms with Crippen LogP contribution in [-0.4, -0.2) is 33.8 Å². The summed E-state index contributed by atoms with van der Waals surface area (Å²) in [6.07, 6.45) is 0. The molecule has 2 N–H and O–H groups in total.